The maximum atomic E-state index is 9.96. The Morgan fingerprint density at radius 3 is 1.86 bits per heavy atom. The predicted molar refractivity (Wildman–Crippen MR) is 156 cm³/mol. The molecule has 0 bridgehead atoms. The molecule has 0 saturated heterocycles. The van der Waals surface area contributed by atoms with Crippen LogP contribution in [0.3, 0.4) is 0 Å². The van der Waals surface area contributed by atoms with E-state index in [0.717, 1.165) is 49.9 Å². The number of rotatable bonds is 17. The van der Waals surface area contributed by atoms with Crippen LogP contribution >= 0.6 is 0 Å². The summed E-state index contributed by atoms with van der Waals surface area (Å²) in [5.74, 6) is 1.39. The second-order valence-corrected chi connectivity index (χ2v) is 11.6. The highest BCUT2D eigenvalue weighted by Gasteiger charge is 2.35. The smallest absolute Gasteiger partial charge is 0.159 e. The van der Waals surface area contributed by atoms with Gasteiger partial charge in [-0.1, -0.05) is 115 Å². The van der Waals surface area contributed by atoms with Crippen LogP contribution in [-0.2, 0) is 6.42 Å². The molecule has 202 valence electrons. The van der Waals surface area contributed by atoms with Crippen LogP contribution in [0.5, 0.6) is 0 Å². The van der Waals surface area contributed by atoms with Crippen molar-refractivity contribution in [3.63, 3.8) is 0 Å². The molecule has 3 rings (SSSR count). The summed E-state index contributed by atoms with van der Waals surface area (Å²) in [7, 11) is 0. The molecule has 37 heavy (non-hydrogen) atoms. The van der Waals surface area contributed by atoms with Gasteiger partial charge in [0.15, 0.2) is 5.82 Å². The minimum atomic E-state index is -0.0775. The van der Waals surface area contributed by atoms with Crippen molar-refractivity contribution in [2.24, 2.45) is 5.41 Å². The van der Waals surface area contributed by atoms with Crippen molar-refractivity contribution >= 4 is 0 Å². The summed E-state index contributed by atoms with van der Waals surface area (Å²) in [6.45, 7) is 4.53. The molecule has 0 aliphatic heterocycles. The first-order chi connectivity index (χ1) is 18.2. The second kappa shape index (κ2) is 16.6. The lowest BCUT2D eigenvalue weighted by Crippen LogP contribution is -2.25. The summed E-state index contributed by atoms with van der Waals surface area (Å²) in [6, 6.07) is 11.6. The maximum absolute atomic E-state index is 9.96. The first-order valence-electron chi connectivity index (χ1n) is 15.5. The third kappa shape index (κ3) is 9.88. The van der Waals surface area contributed by atoms with Crippen molar-refractivity contribution in [3.8, 4) is 17.5 Å². The van der Waals surface area contributed by atoms with Crippen LogP contribution in [-0.4, -0.2) is 9.97 Å². The number of aromatic nitrogens is 2. The Hall–Kier alpha value is -2.21. The molecule has 1 aromatic heterocycles. The van der Waals surface area contributed by atoms with Crippen LogP contribution in [0.2, 0.25) is 0 Å². The van der Waals surface area contributed by atoms with Gasteiger partial charge in [0, 0.05) is 18.0 Å². The lowest BCUT2D eigenvalue weighted by atomic mass is 9.67. The highest BCUT2D eigenvalue weighted by Crippen LogP contribution is 2.45. The minimum Gasteiger partial charge on any atom is -0.236 e. The van der Waals surface area contributed by atoms with Crippen molar-refractivity contribution < 1.29 is 0 Å². The number of hydrogen-bond acceptors (Lipinski definition) is 3. The molecule has 0 N–H and O–H groups in total. The molecule has 0 unspecified atom stereocenters. The van der Waals surface area contributed by atoms with E-state index >= 15 is 0 Å². The number of nitriles is 1. The van der Waals surface area contributed by atoms with Crippen LogP contribution in [0.15, 0.2) is 36.7 Å². The van der Waals surface area contributed by atoms with Gasteiger partial charge >= 0.3 is 0 Å². The fraction of sp³-hybridized carbons (Fsp3) is 0.676. The Morgan fingerprint density at radius 1 is 0.757 bits per heavy atom. The molecule has 3 nitrogen and oxygen atoms in total. The topological polar surface area (TPSA) is 49.6 Å². The molecule has 1 saturated carbocycles. The van der Waals surface area contributed by atoms with E-state index in [9.17, 15) is 5.26 Å². The third-order valence-corrected chi connectivity index (χ3v) is 8.60. The van der Waals surface area contributed by atoms with Crippen LogP contribution in [0, 0.1) is 16.7 Å². The summed E-state index contributed by atoms with van der Waals surface area (Å²) in [5, 5.41) is 9.96. The zero-order valence-electron chi connectivity index (χ0n) is 23.8. The molecule has 1 fully saturated rings. The van der Waals surface area contributed by atoms with E-state index in [4.69, 9.17) is 0 Å². The van der Waals surface area contributed by atoms with Crippen molar-refractivity contribution in [2.45, 2.75) is 142 Å². The van der Waals surface area contributed by atoms with E-state index in [-0.39, 0.29) is 5.41 Å². The standard InChI is InChI=1S/C34H51N3/c1-3-5-7-9-11-12-14-16-29-26-36-33(37-27-29)32-19-17-30(18-20-32)31-21-24-34(28-35,25-22-31)23-15-13-10-8-6-4-2/h17-20,26-27,31H,3-16,21-25H2,1-2H3/t31-,34-. The molecule has 2 aromatic rings. The number of hydrogen-bond donors (Lipinski definition) is 0. The summed E-state index contributed by atoms with van der Waals surface area (Å²) >= 11 is 0. The lowest BCUT2D eigenvalue weighted by molar-refractivity contribution is 0.223. The first kappa shape index (κ1) is 29.3. The fourth-order valence-corrected chi connectivity index (χ4v) is 5.99. The Kier molecular flexibility index (Phi) is 13.2. The fourth-order valence-electron chi connectivity index (χ4n) is 5.99. The largest absolute Gasteiger partial charge is 0.236 e. The highest BCUT2D eigenvalue weighted by molar-refractivity contribution is 5.55. The van der Waals surface area contributed by atoms with E-state index < -0.39 is 0 Å². The van der Waals surface area contributed by atoms with Crippen LogP contribution in [0.4, 0.5) is 0 Å². The van der Waals surface area contributed by atoms with Crippen molar-refractivity contribution in [1.29, 1.82) is 5.26 Å². The van der Waals surface area contributed by atoms with E-state index in [1.807, 2.05) is 12.4 Å². The Balaban J connectivity index is 1.42. The van der Waals surface area contributed by atoms with Crippen LogP contribution < -0.4 is 0 Å². The molecule has 1 aliphatic rings. The van der Waals surface area contributed by atoms with Gasteiger partial charge in [0.1, 0.15) is 0 Å². The summed E-state index contributed by atoms with van der Waals surface area (Å²) in [6.07, 6.45) is 27.7. The number of unbranched alkanes of at least 4 members (excludes halogenated alkanes) is 11. The van der Waals surface area contributed by atoms with E-state index in [2.05, 4.69) is 54.2 Å². The van der Waals surface area contributed by atoms with E-state index in [0.29, 0.717) is 5.92 Å². The van der Waals surface area contributed by atoms with Crippen LogP contribution in [0.25, 0.3) is 11.4 Å². The third-order valence-electron chi connectivity index (χ3n) is 8.60. The Bertz CT molecular complexity index is 902. The molecule has 3 heteroatoms. The van der Waals surface area contributed by atoms with Crippen molar-refractivity contribution in [3.05, 3.63) is 47.8 Å². The van der Waals surface area contributed by atoms with Gasteiger partial charge in [0.25, 0.3) is 0 Å². The zero-order valence-corrected chi connectivity index (χ0v) is 23.8. The molecule has 0 amide bonds. The van der Waals surface area contributed by atoms with E-state index in [1.54, 1.807) is 0 Å². The lowest BCUT2D eigenvalue weighted by Gasteiger charge is -2.35. The summed E-state index contributed by atoms with van der Waals surface area (Å²) in [5.41, 5.74) is 3.67. The van der Waals surface area contributed by atoms with E-state index in [1.165, 1.54) is 94.6 Å². The van der Waals surface area contributed by atoms with Crippen molar-refractivity contribution in [1.82, 2.24) is 9.97 Å². The average molecular weight is 502 g/mol. The molecule has 1 heterocycles. The van der Waals surface area contributed by atoms with Gasteiger partial charge in [-0.05, 0) is 62.0 Å². The Labute approximate surface area is 227 Å². The first-order valence-corrected chi connectivity index (χ1v) is 15.5. The van der Waals surface area contributed by atoms with Crippen molar-refractivity contribution in [2.75, 3.05) is 0 Å². The second-order valence-electron chi connectivity index (χ2n) is 11.6. The molecule has 0 radical (unpaired) electrons. The molecule has 0 atom stereocenters. The van der Waals surface area contributed by atoms with Gasteiger partial charge in [-0.3, -0.25) is 0 Å². The quantitative estimate of drug-likeness (QED) is 0.202. The zero-order chi connectivity index (χ0) is 26.2. The molecule has 1 aliphatic carbocycles. The molecule has 1 aromatic carbocycles. The maximum Gasteiger partial charge on any atom is 0.159 e. The molecular weight excluding hydrogens is 450 g/mol. The van der Waals surface area contributed by atoms with Gasteiger partial charge in [0.05, 0.1) is 11.5 Å². The van der Waals surface area contributed by atoms with Gasteiger partial charge in [0.2, 0.25) is 0 Å². The average Bonchev–Trinajstić information content (AvgIpc) is 2.95. The summed E-state index contributed by atoms with van der Waals surface area (Å²) in [4.78, 5) is 9.33. The van der Waals surface area contributed by atoms with Gasteiger partial charge in [-0.25, -0.2) is 9.97 Å². The van der Waals surface area contributed by atoms with Crippen LogP contribution in [0.1, 0.15) is 146 Å². The van der Waals surface area contributed by atoms with Gasteiger partial charge in [-0.15, -0.1) is 0 Å². The molecular formula is C34H51N3. The van der Waals surface area contributed by atoms with Gasteiger partial charge < -0.3 is 0 Å². The number of aryl methyl sites for hydroxylation is 1. The summed E-state index contributed by atoms with van der Waals surface area (Å²) < 4.78 is 0. The SMILES string of the molecule is CCCCCCCCCc1cnc(-c2ccc([C@H]3CC[C@@](C#N)(CCCCCCCC)CC3)cc2)nc1. The highest BCUT2D eigenvalue weighted by atomic mass is 14.9. The number of benzene rings is 1. The monoisotopic (exact) mass is 501 g/mol. The normalized spacial score (nSPS) is 19.5. The minimum absolute atomic E-state index is 0.0775. The number of nitrogens with zero attached hydrogens (tertiary/aromatic N) is 3. The molecule has 0 spiro atoms. The predicted octanol–water partition coefficient (Wildman–Crippen LogP) is 10.4. The van der Waals surface area contributed by atoms with Gasteiger partial charge in [-0.2, -0.15) is 5.26 Å². The Morgan fingerprint density at radius 2 is 1.30 bits per heavy atom.